The van der Waals surface area contributed by atoms with Gasteiger partial charge in [-0.25, -0.2) is 4.79 Å². The first kappa shape index (κ1) is 8.74. The van der Waals surface area contributed by atoms with Gasteiger partial charge in [-0.2, -0.15) is 0 Å². The van der Waals surface area contributed by atoms with Crippen molar-refractivity contribution in [3.05, 3.63) is 10.4 Å². The molecule has 56 valence electrons. The van der Waals surface area contributed by atoms with Crippen molar-refractivity contribution in [1.29, 1.82) is 0 Å². The van der Waals surface area contributed by atoms with Crippen molar-refractivity contribution < 1.29 is 14.3 Å². The minimum atomic E-state index is -1.17. The van der Waals surface area contributed by atoms with E-state index in [0.29, 0.717) is 0 Å². The highest BCUT2D eigenvalue weighted by Gasteiger charge is 2.14. The third-order valence-corrected chi connectivity index (χ3v) is 0.783. The van der Waals surface area contributed by atoms with Gasteiger partial charge in [0.2, 0.25) is 6.23 Å². The van der Waals surface area contributed by atoms with Crippen LogP contribution in [0.2, 0.25) is 0 Å². The number of ether oxygens (including phenoxy) is 2. The topological polar surface area (TPSA) is 84.3 Å². The number of carbonyl (C=O) groups is 1. The molecule has 0 heterocycles. The van der Waals surface area contributed by atoms with Crippen molar-refractivity contribution in [2.24, 2.45) is 5.11 Å². The van der Waals surface area contributed by atoms with Gasteiger partial charge in [-0.3, -0.25) is 0 Å². The molecule has 0 aliphatic rings. The van der Waals surface area contributed by atoms with E-state index < -0.39 is 12.2 Å². The van der Waals surface area contributed by atoms with E-state index in [-0.39, 0.29) is 0 Å². The third-order valence-electron chi connectivity index (χ3n) is 0.783. The van der Waals surface area contributed by atoms with Crippen molar-refractivity contribution in [2.75, 3.05) is 14.2 Å². The Morgan fingerprint density at radius 3 is 2.60 bits per heavy atom. The van der Waals surface area contributed by atoms with Crippen molar-refractivity contribution in [1.82, 2.24) is 0 Å². The zero-order valence-corrected chi connectivity index (χ0v) is 5.64. The van der Waals surface area contributed by atoms with Gasteiger partial charge in [0.25, 0.3) is 0 Å². The molecule has 6 nitrogen and oxygen atoms in total. The molecule has 0 N–H and O–H groups in total. The van der Waals surface area contributed by atoms with Crippen LogP contribution in [0.5, 0.6) is 0 Å². The van der Waals surface area contributed by atoms with Gasteiger partial charge < -0.3 is 9.47 Å². The number of azide groups is 1. The molecule has 0 fully saturated rings. The summed E-state index contributed by atoms with van der Waals surface area (Å²) in [4.78, 5) is 12.9. The Bertz CT molecular complexity index is 163. The standard InChI is InChI=1S/C4H7N3O3/c1-9-3(6-7-5)4(8)10-2/h3H,1-2H3. The molecule has 6 heteroatoms. The largest absolute Gasteiger partial charge is 0.467 e. The van der Waals surface area contributed by atoms with Crippen molar-refractivity contribution in [3.8, 4) is 0 Å². The second-order valence-corrected chi connectivity index (χ2v) is 1.32. The average molecular weight is 145 g/mol. The summed E-state index contributed by atoms with van der Waals surface area (Å²) in [6.07, 6.45) is -1.17. The molecule has 0 amide bonds. The summed E-state index contributed by atoms with van der Waals surface area (Å²) >= 11 is 0. The SMILES string of the molecule is COC(=O)C(N=[N+]=[N-])OC. The van der Waals surface area contributed by atoms with E-state index in [1.165, 1.54) is 14.2 Å². The number of hydrogen-bond acceptors (Lipinski definition) is 4. The minimum absolute atomic E-state index is 0.708. The summed E-state index contributed by atoms with van der Waals surface area (Å²) in [5.74, 6) is -0.708. The Morgan fingerprint density at radius 1 is 1.70 bits per heavy atom. The monoisotopic (exact) mass is 145 g/mol. The lowest BCUT2D eigenvalue weighted by Gasteiger charge is -2.04. The molecular weight excluding hydrogens is 138 g/mol. The lowest BCUT2D eigenvalue weighted by Crippen LogP contribution is -2.21. The molecule has 0 radical (unpaired) electrons. The van der Waals surface area contributed by atoms with Gasteiger partial charge in [-0.15, -0.1) is 0 Å². The van der Waals surface area contributed by atoms with Gasteiger partial charge in [0, 0.05) is 12.0 Å². The van der Waals surface area contributed by atoms with Gasteiger partial charge in [0.05, 0.1) is 7.11 Å². The number of carbonyl (C=O) groups excluding carboxylic acids is 1. The molecule has 0 aromatic heterocycles. The molecule has 0 aliphatic carbocycles. The molecule has 0 spiro atoms. The maximum atomic E-state index is 10.5. The van der Waals surface area contributed by atoms with Crippen molar-refractivity contribution in [2.45, 2.75) is 6.23 Å². The van der Waals surface area contributed by atoms with E-state index >= 15 is 0 Å². The zero-order valence-electron chi connectivity index (χ0n) is 5.64. The summed E-state index contributed by atoms with van der Waals surface area (Å²) in [5, 5.41) is 3.00. The molecule has 0 aliphatic heterocycles. The van der Waals surface area contributed by atoms with Crippen molar-refractivity contribution >= 4 is 5.97 Å². The maximum absolute atomic E-state index is 10.5. The molecule has 0 rings (SSSR count). The van der Waals surface area contributed by atoms with E-state index in [0.717, 1.165) is 0 Å². The van der Waals surface area contributed by atoms with E-state index in [4.69, 9.17) is 5.53 Å². The van der Waals surface area contributed by atoms with Gasteiger partial charge in [-0.1, -0.05) is 5.11 Å². The number of methoxy groups -OCH3 is 2. The van der Waals surface area contributed by atoms with Gasteiger partial charge >= 0.3 is 5.97 Å². The van der Waals surface area contributed by atoms with Crippen LogP contribution in [0, 0.1) is 0 Å². The Morgan fingerprint density at radius 2 is 2.30 bits per heavy atom. The highest BCUT2D eigenvalue weighted by molar-refractivity contribution is 5.74. The fourth-order valence-electron chi connectivity index (χ4n) is 0.338. The highest BCUT2D eigenvalue weighted by atomic mass is 16.6. The fourth-order valence-corrected chi connectivity index (χ4v) is 0.338. The average Bonchev–Trinajstić information content (AvgIpc) is 1.99. The minimum Gasteiger partial charge on any atom is -0.467 e. The van der Waals surface area contributed by atoms with Crippen LogP contribution in [0.3, 0.4) is 0 Å². The Hall–Kier alpha value is -1.26. The lowest BCUT2D eigenvalue weighted by molar-refractivity contribution is -0.151. The summed E-state index contributed by atoms with van der Waals surface area (Å²) in [5.41, 5.74) is 7.88. The summed E-state index contributed by atoms with van der Waals surface area (Å²) in [6, 6.07) is 0. The Balaban J connectivity index is 4.05. The van der Waals surface area contributed by atoms with Crippen molar-refractivity contribution in [3.63, 3.8) is 0 Å². The van der Waals surface area contributed by atoms with Crippen LogP contribution in [-0.2, 0) is 14.3 Å². The molecule has 1 unspecified atom stereocenters. The van der Waals surface area contributed by atoms with Gasteiger partial charge in [0.1, 0.15) is 0 Å². The second-order valence-electron chi connectivity index (χ2n) is 1.32. The van der Waals surface area contributed by atoms with E-state index in [1.807, 2.05) is 0 Å². The highest BCUT2D eigenvalue weighted by Crippen LogP contribution is 1.94. The molecule has 10 heavy (non-hydrogen) atoms. The normalized spacial score (nSPS) is 11.4. The van der Waals surface area contributed by atoms with Gasteiger partial charge in [0.15, 0.2) is 0 Å². The first-order valence-electron chi connectivity index (χ1n) is 2.41. The van der Waals surface area contributed by atoms with Crippen LogP contribution in [0.4, 0.5) is 0 Å². The first-order valence-corrected chi connectivity index (χ1v) is 2.41. The van der Waals surface area contributed by atoms with E-state index in [1.54, 1.807) is 0 Å². The lowest BCUT2D eigenvalue weighted by atomic mass is 10.6. The van der Waals surface area contributed by atoms with Crippen LogP contribution in [0.1, 0.15) is 0 Å². The Kier molecular flexibility index (Phi) is 4.02. The van der Waals surface area contributed by atoms with Crippen LogP contribution in [0.25, 0.3) is 10.4 Å². The Labute approximate surface area is 57.4 Å². The summed E-state index contributed by atoms with van der Waals surface area (Å²) in [6.45, 7) is 0. The molecule has 0 saturated heterocycles. The van der Waals surface area contributed by atoms with E-state index in [2.05, 4.69) is 19.5 Å². The molecule has 0 aromatic carbocycles. The molecule has 0 bridgehead atoms. The molecule has 0 saturated carbocycles. The number of rotatable bonds is 3. The molecule has 0 aromatic rings. The summed E-state index contributed by atoms with van der Waals surface area (Å²) < 4.78 is 8.68. The van der Waals surface area contributed by atoms with Crippen LogP contribution >= 0.6 is 0 Å². The van der Waals surface area contributed by atoms with Gasteiger partial charge in [-0.05, 0) is 5.53 Å². The quantitative estimate of drug-likeness (QED) is 0.250. The first-order chi connectivity index (χ1) is 4.76. The van der Waals surface area contributed by atoms with Crippen LogP contribution in [-0.4, -0.2) is 26.4 Å². The smallest absolute Gasteiger partial charge is 0.341 e. The number of nitrogens with zero attached hydrogens (tertiary/aromatic N) is 3. The molecule has 1 atom stereocenters. The van der Waals surface area contributed by atoms with Crippen LogP contribution in [0.15, 0.2) is 5.11 Å². The predicted octanol–water partition coefficient (Wildman–Crippen LogP) is 0.442. The third kappa shape index (κ3) is 2.34. The predicted molar refractivity (Wildman–Crippen MR) is 32.0 cm³/mol. The molecular formula is C4H7N3O3. The number of esters is 1. The van der Waals surface area contributed by atoms with Crippen LogP contribution < -0.4 is 0 Å². The maximum Gasteiger partial charge on any atom is 0.341 e. The fraction of sp³-hybridized carbons (Fsp3) is 0.750. The number of hydrogen-bond donors (Lipinski definition) is 0. The summed E-state index contributed by atoms with van der Waals surface area (Å²) in [7, 11) is 2.43. The zero-order chi connectivity index (χ0) is 7.98. The van der Waals surface area contributed by atoms with E-state index in [9.17, 15) is 4.79 Å². The second kappa shape index (κ2) is 4.60.